The monoisotopic (exact) mass is 717 g/mol. The lowest BCUT2D eigenvalue weighted by molar-refractivity contribution is 0.620. The zero-order valence-corrected chi connectivity index (χ0v) is 30.0. The van der Waals surface area contributed by atoms with E-state index in [1.807, 2.05) is 48.5 Å². The second kappa shape index (κ2) is 13.0. The summed E-state index contributed by atoms with van der Waals surface area (Å²) in [5.74, 6) is 2.13. The molecule has 0 unspecified atom stereocenters. The number of nitrogens with zero attached hydrogens (tertiary/aromatic N) is 5. The van der Waals surface area contributed by atoms with Crippen LogP contribution in [-0.2, 0) is 0 Å². The smallest absolute Gasteiger partial charge is 0.238 e. The van der Waals surface area contributed by atoms with Crippen molar-refractivity contribution in [2.45, 2.75) is 0 Å². The van der Waals surface area contributed by atoms with E-state index in [9.17, 15) is 0 Å². The fourth-order valence-electron chi connectivity index (χ4n) is 7.91. The standard InChI is InChI=1S/C50H31N5O/c1-3-14-32(15-4-1)36-20-11-23-39-37(21-12-22-38(36)39)33-28-30-34(31-29-33)47-52-48(42-24-13-25-43-46(42)56-49(51-43)35-16-5-2-6-17-35)54-50(53-47)55-44-26-9-7-18-40(44)41-19-8-10-27-45(41)55/h1-31H. The van der Waals surface area contributed by atoms with Gasteiger partial charge in [-0.15, -0.1) is 0 Å². The van der Waals surface area contributed by atoms with E-state index < -0.39 is 0 Å². The minimum absolute atomic E-state index is 0.500. The molecule has 0 N–H and O–H groups in total. The molecule has 0 atom stereocenters. The van der Waals surface area contributed by atoms with Gasteiger partial charge < -0.3 is 4.42 Å². The molecule has 6 nitrogen and oxygen atoms in total. The summed E-state index contributed by atoms with van der Waals surface area (Å²) in [6.07, 6.45) is 0. The van der Waals surface area contributed by atoms with Crippen molar-refractivity contribution in [2.24, 2.45) is 0 Å². The number of oxazole rings is 1. The number of hydrogen-bond acceptors (Lipinski definition) is 5. The topological polar surface area (TPSA) is 69.6 Å². The largest absolute Gasteiger partial charge is 0.435 e. The Bertz CT molecular complexity index is 3190. The second-order valence-electron chi connectivity index (χ2n) is 13.8. The van der Waals surface area contributed by atoms with Crippen LogP contribution in [0.3, 0.4) is 0 Å². The third-order valence-electron chi connectivity index (χ3n) is 10.5. The molecule has 0 aliphatic carbocycles. The molecule has 0 spiro atoms. The summed E-state index contributed by atoms with van der Waals surface area (Å²) in [6, 6.07) is 64.8. The van der Waals surface area contributed by atoms with Crippen molar-refractivity contribution >= 4 is 43.7 Å². The summed E-state index contributed by atoms with van der Waals surface area (Å²) < 4.78 is 8.60. The summed E-state index contributed by atoms with van der Waals surface area (Å²) in [7, 11) is 0. The van der Waals surface area contributed by atoms with Crippen LogP contribution in [0.25, 0.3) is 106 Å². The van der Waals surface area contributed by atoms with Gasteiger partial charge in [0.2, 0.25) is 11.8 Å². The average molecular weight is 718 g/mol. The summed E-state index contributed by atoms with van der Waals surface area (Å²) in [5.41, 5.74) is 10.6. The predicted octanol–water partition coefficient (Wildman–Crippen LogP) is 12.6. The van der Waals surface area contributed by atoms with Gasteiger partial charge in [0.15, 0.2) is 17.2 Å². The Morgan fingerprint density at radius 1 is 0.339 bits per heavy atom. The lowest BCUT2D eigenvalue weighted by Crippen LogP contribution is -2.06. The summed E-state index contributed by atoms with van der Waals surface area (Å²) in [5, 5.41) is 4.68. The number of benzene rings is 8. The first-order valence-corrected chi connectivity index (χ1v) is 18.6. The molecule has 262 valence electrons. The minimum atomic E-state index is 0.500. The van der Waals surface area contributed by atoms with Crippen LogP contribution < -0.4 is 0 Å². The third kappa shape index (κ3) is 5.27. The molecule has 0 fully saturated rings. The first-order valence-electron chi connectivity index (χ1n) is 18.6. The lowest BCUT2D eigenvalue weighted by atomic mass is 9.92. The quantitative estimate of drug-likeness (QED) is 0.171. The van der Waals surface area contributed by atoms with E-state index in [1.54, 1.807) is 0 Å². The van der Waals surface area contributed by atoms with Crippen LogP contribution in [0.5, 0.6) is 0 Å². The molecular weight excluding hydrogens is 687 g/mol. The van der Waals surface area contributed by atoms with Gasteiger partial charge in [0.25, 0.3) is 0 Å². The zero-order valence-electron chi connectivity index (χ0n) is 30.0. The fraction of sp³-hybridized carbons (Fsp3) is 0. The average Bonchev–Trinajstić information content (AvgIpc) is 3.87. The number of hydrogen-bond donors (Lipinski definition) is 0. The van der Waals surface area contributed by atoms with Gasteiger partial charge in [-0.05, 0) is 69.4 Å². The van der Waals surface area contributed by atoms with Crippen LogP contribution in [0.4, 0.5) is 0 Å². The summed E-state index contributed by atoms with van der Waals surface area (Å²) >= 11 is 0. The Kier molecular flexibility index (Phi) is 7.38. The Balaban J connectivity index is 1.09. The zero-order chi connectivity index (χ0) is 37.0. The van der Waals surface area contributed by atoms with Crippen molar-refractivity contribution in [1.29, 1.82) is 0 Å². The molecule has 11 rings (SSSR count). The first kappa shape index (κ1) is 31.8. The summed E-state index contributed by atoms with van der Waals surface area (Å²) in [4.78, 5) is 20.4. The van der Waals surface area contributed by atoms with Crippen molar-refractivity contribution in [3.8, 4) is 62.4 Å². The molecule has 0 aliphatic rings. The number of rotatable bonds is 6. The van der Waals surface area contributed by atoms with Crippen LogP contribution in [-0.4, -0.2) is 24.5 Å². The molecule has 0 amide bonds. The van der Waals surface area contributed by atoms with Crippen molar-refractivity contribution in [1.82, 2.24) is 24.5 Å². The van der Waals surface area contributed by atoms with E-state index in [0.717, 1.165) is 49.6 Å². The molecular formula is C50H31N5O. The molecule has 56 heavy (non-hydrogen) atoms. The van der Waals surface area contributed by atoms with Gasteiger partial charge in [-0.3, -0.25) is 4.57 Å². The molecule has 3 aromatic heterocycles. The van der Waals surface area contributed by atoms with Crippen LogP contribution in [0.15, 0.2) is 192 Å². The number of aromatic nitrogens is 5. The lowest BCUT2D eigenvalue weighted by Gasteiger charge is -2.13. The maximum Gasteiger partial charge on any atom is 0.238 e. The molecule has 0 aliphatic heterocycles. The van der Waals surface area contributed by atoms with Crippen molar-refractivity contribution in [3.63, 3.8) is 0 Å². The highest BCUT2D eigenvalue weighted by atomic mass is 16.3. The first-order chi connectivity index (χ1) is 27.8. The Morgan fingerprint density at radius 2 is 0.839 bits per heavy atom. The third-order valence-corrected chi connectivity index (χ3v) is 10.5. The van der Waals surface area contributed by atoms with Crippen LogP contribution in [0.2, 0.25) is 0 Å². The molecule has 0 bridgehead atoms. The van der Waals surface area contributed by atoms with Gasteiger partial charge >= 0.3 is 0 Å². The summed E-state index contributed by atoms with van der Waals surface area (Å²) in [6.45, 7) is 0. The second-order valence-corrected chi connectivity index (χ2v) is 13.8. The van der Waals surface area contributed by atoms with Crippen LogP contribution >= 0.6 is 0 Å². The maximum absolute atomic E-state index is 6.47. The van der Waals surface area contributed by atoms with Crippen LogP contribution in [0.1, 0.15) is 0 Å². The minimum Gasteiger partial charge on any atom is -0.435 e. The van der Waals surface area contributed by atoms with Gasteiger partial charge in [-0.1, -0.05) is 152 Å². The molecule has 3 heterocycles. The highest BCUT2D eigenvalue weighted by Crippen LogP contribution is 2.37. The Hall–Kier alpha value is -7.70. The highest BCUT2D eigenvalue weighted by molar-refractivity contribution is 6.09. The van der Waals surface area contributed by atoms with E-state index in [2.05, 4.69) is 144 Å². The van der Waals surface area contributed by atoms with Crippen molar-refractivity contribution < 1.29 is 4.42 Å². The molecule has 0 saturated carbocycles. The number of fused-ring (bicyclic) bond motifs is 5. The molecule has 11 aromatic rings. The van der Waals surface area contributed by atoms with Crippen molar-refractivity contribution in [3.05, 3.63) is 188 Å². The van der Waals surface area contributed by atoms with E-state index in [1.165, 1.54) is 27.5 Å². The van der Waals surface area contributed by atoms with E-state index >= 15 is 0 Å². The maximum atomic E-state index is 6.47. The van der Waals surface area contributed by atoms with E-state index in [4.69, 9.17) is 24.4 Å². The fourth-order valence-corrected chi connectivity index (χ4v) is 7.91. The van der Waals surface area contributed by atoms with E-state index in [-0.39, 0.29) is 0 Å². The van der Waals surface area contributed by atoms with E-state index in [0.29, 0.717) is 29.1 Å². The predicted molar refractivity (Wildman–Crippen MR) is 226 cm³/mol. The molecule has 6 heteroatoms. The SMILES string of the molecule is c1ccc(-c2nc3cccc(-c4nc(-c5ccc(-c6cccc7c(-c8ccccc8)cccc67)cc5)nc(-n5c6ccccc6c6ccccc65)n4)c3o2)cc1. The van der Waals surface area contributed by atoms with Gasteiger partial charge in [0.1, 0.15) is 5.52 Å². The Labute approximate surface area is 322 Å². The molecule has 0 saturated heterocycles. The highest BCUT2D eigenvalue weighted by Gasteiger charge is 2.21. The van der Waals surface area contributed by atoms with Gasteiger partial charge in [0.05, 0.1) is 16.6 Å². The molecule has 8 aromatic carbocycles. The van der Waals surface area contributed by atoms with Gasteiger partial charge in [-0.25, -0.2) is 9.97 Å². The molecule has 0 radical (unpaired) electrons. The normalized spacial score (nSPS) is 11.6. The van der Waals surface area contributed by atoms with Gasteiger partial charge in [0, 0.05) is 21.9 Å². The van der Waals surface area contributed by atoms with Crippen molar-refractivity contribution in [2.75, 3.05) is 0 Å². The Morgan fingerprint density at radius 3 is 1.50 bits per heavy atom. The van der Waals surface area contributed by atoms with Crippen LogP contribution in [0, 0.1) is 0 Å². The number of para-hydroxylation sites is 3. The van der Waals surface area contributed by atoms with Gasteiger partial charge in [-0.2, -0.15) is 9.97 Å².